The molecule has 5 nitrogen and oxygen atoms in total. The fourth-order valence-corrected chi connectivity index (χ4v) is 2.76. The van der Waals surface area contributed by atoms with Gasteiger partial charge in [0.2, 0.25) is 0 Å². The topological polar surface area (TPSA) is 65.3 Å². The van der Waals surface area contributed by atoms with Crippen LogP contribution in [0.4, 0.5) is 0 Å². The lowest BCUT2D eigenvalue weighted by Crippen LogP contribution is -2.34. The molecule has 2 heterocycles. The highest BCUT2D eigenvalue weighted by Crippen LogP contribution is 2.29. The molecule has 0 aliphatic carbocycles. The molecule has 0 amide bonds. The molecule has 0 atom stereocenters. The van der Waals surface area contributed by atoms with Crippen molar-refractivity contribution >= 4 is 13.9 Å². The smallest absolute Gasteiger partial charge is 0.271 e. The lowest BCUT2D eigenvalue weighted by molar-refractivity contribution is -0.567. The minimum atomic E-state index is -4.30. The summed E-state index contributed by atoms with van der Waals surface area (Å²) in [6, 6.07) is 7.36. The van der Waals surface area contributed by atoms with Crippen LogP contribution < -0.4 is 8.90 Å². The van der Waals surface area contributed by atoms with Crippen LogP contribution in [0.5, 0.6) is 0 Å². The van der Waals surface area contributed by atoms with Gasteiger partial charge in [-0.05, 0) is 17.7 Å². The summed E-state index contributed by atoms with van der Waals surface area (Å²) in [6.07, 6.45) is 7.41. The van der Waals surface area contributed by atoms with Gasteiger partial charge in [-0.3, -0.25) is 9.79 Å². The number of rotatable bonds is 4. The normalized spacial score (nSPS) is 11.3. The zero-order chi connectivity index (χ0) is 14.8. The van der Waals surface area contributed by atoms with Crippen molar-refractivity contribution < 1.29 is 23.3 Å². The Hall–Kier alpha value is -1.81. The molecule has 0 bridgehead atoms. The molecule has 20 heavy (non-hydrogen) atoms. The van der Waals surface area contributed by atoms with Gasteiger partial charge in [0.25, 0.3) is 0 Å². The molecule has 2 aromatic heterocycles. The number of aryl methyl sites for hydroxylation is 1. The Labute approximate surface area is 117 Å². The van der Waals surface area contributed by atoms with Crippen molar-refractivity contribution in [2.45, 2.75) is 13.3 Å². The molecule has 0 aliphatic heterocycles. The van der Waals surface area contributed by atoms with E-state index in [1.54, 1.807) is 18.3 Å². The maximum absolute atomic E-state index is 11.4. The summed E-state index contributed by atoms with van der Waals surface area (Å²) in [6.45, 7) is 5.54. The van der Waals surface area contributed by atoms with E-state index in [0.717, 1.165) is 15.5 Å². The van der Waals surface area contributed by atoms with Crippen molar-refractivity contribution in [3.05, 3.63) is 55.1 Å². The van der Waals surface area contributed by atoms with Crippen molar-refractivity contribution in [3.63, 3.8) is 0 Å². The van der Waals surface area contributed by atoms with Crippen LogP contribution in [0, 0.1) is 0 Å². The van der Waals surface area contributed by atoms with Gasteiger partial charge >= 0.3 is 7.75 Å². The molecule has 0 spiro atoms. The predicted molar refractivity (Wildman–Crippen MR) is 75.5 cm³/mol. The van der Waals surface area contributed by atoms with Crippen LogP contribution in [0.2, 0.25) is 0 Å². The van der Waals surface area contributed by atoms with E-state index in [2.05, 4.69) is 6.58 Å². The summed E-state index contributed by atoms with van der Waals surface area (Å²) < 4.78 is 14.2. The zero-order valence-corrected chi connectivity index (χ0v) is 12.1. The molecule has 0 saturated carbocycles. The summed E-state index contributed by atoms with van der Waals surface area (Å²) in [5.41, 5.74) is 2.50. The highest BCUT2D eigenvalue weighted by molar-refractivity contribution is 7.44. The van der Waals surface area contributed by atoms with Crippen molar-refractivity contribution in [3.8, 4) is 11.1 Å². The van der Waals surface area contributed by atoms with E-state index >= 15 is 0 Å². The van der Waals surface area contributed by atoms with Gasteiger partial charge in [-0.25, -0.2) is 0 Å². The molecule has 2 aromatic rings. The van der Waals surface area contributed by atoms with Gasteiger partial charge in [-0.2, -0.15) is 9.13 Å². The second-order valence-electron chi connectivity index (χ2n) is 4.33. The van der Waals surface area contributed by atoms with Crippen LogP contribution >= 0.6 is 7.75 Å². The first kappa shape index (κ1) is 14.6. The molecule has 0 fully saturated rings. The Kier molecular flexibility index (Phi) is 4.14. The SMILES string of the molecule is C=C[n+]1ccc(-c2cc[n+](P(=O)(O)O)c(CC)c2)cc1. The average Bonchev–Trinajstić information content (AvgIpc) is 2.45. The predicted octanol–water partition coefficient (Wildman–Crippen LogP) is 1.53. The second-order valence-corrected chi connectivity index (χ2v) is 5.79. The standard InChI is InChI=1S/C14H15N2O3P/c1-3-14-11-13(7-10-16(14)20(17,18)19)12-5-8-15(4-2)9-6-12/h4-11H,2-3H2,1H3/p+2. The van der Waals surface area contributed by atoms with E-state index in [4.69, 9.17) is 0 Å². The molecular formula is C14H17N2O3P+2. The number of hydrogen-bond donors (Lipinski definition) is 2. The quantitative estimate of drug-likeness (QED) is 0.663. The zero-order valence-electron chi connectivity index (χ0n) is 11.2. The fraction of sp³-hybridized carbons (Fsp3) is 0.143. The van der Waals surface area contributed by atoms with Crippen LogP contribution in [0.15, 0.2) is 49.4 Å². The Morgan fingerprint density at radius 3 is 2.30 bits per heavy atom. The Balaban J connectivity index is 2.48. The molecule has 0 saturated heterocycles. The van der Waals surface area contributed by atoms with Gasteiger partial charge in [0.1, 0.15) is 0 Å². The summed E-state index contributed by atoms with van der Waals surface area (Å²) in [7, 11) is -4.30. The van der Waals surface area contributed by atoms with Crippen LogP contribution in [0.25, 0.3) is 17.3 Å². The highest BCUT2D eigenvalue weighted by Gasteiger charge is 2.30. The van der Waals surface area contributed by atoms with Gasteiger partial charge in [0.05, 0.1) is 0 Å². The van der Waals surface area contributed by atoms with Crippen molar-refractivity contribution in [1.82, 2.24) is 0 Å². The van der Waals surface area contributed by atoms with E-state index in [1.807, 2.05) is 36.0 Å². The number of nitrogens with zero attached hydrogens (tertiary/aromatic N) is 2. The third-order valence-corrected chi connectivity index (χ3v) is 4.00. The third kappa shape index (κ3) is 3.02. The summed E-state index contributed by atoms with van der Waals surface area (Å²) in [4.78, 5) is 18.6. The van der Waals surface area contributed by atoms with E-state index in [-0.39, 0.29) is 0 Å². The lowest BCUT2D eigenvalue weighted by Gasteiger charge is -2.05. The number of hydrogen-bond acceptors (Lipinski definition) is 1. The molecule has 0 aromatic carbocycles. The lowest BCUT2D eigenvalue weighted by atomic mass is 10.1. The molecular weight excluding hydrogens is 275 g/mol. The van der Waals surface area contributed by atoms with Crippen LogP contribution in [-0.4, -0.2) is 9.79 Å². The van der Waals surface area contributed by atoms with E-state index in [1.165, 1.54) is 6.20 Å². The van der Waals surface area contributed by atoms with Gasteiger partial charge in [0.15, 0.2) is 30.5 Å². The molecule has 0 aliphatic rings. The van der Waals surface area contributed by atoms with E-state index < -0.39 is 7.75 Å². The first-order valence-corrected chi connectivity index (χ1v) is 7.77. The summed E-state index contributed by atoms with van der Waals surface area (Å²) >= 11 is 0. The maximum atomic E-state index is 11.4. The minimum Gasteiger partial charge on any atom is -0.271 e. The Bertz CT molecular complexity index is 677. The molecule has 2 rings (SSSR count). The monoisotopic (exact) mass is 292 g/mol. The highest BCUT2D eigenvalue weighted by atomic mass is 31.2. The fourth-order valence-electron chi connectivity index (χ4n) is 1.99. The number of pyridine rings is 2. The first-order chi connectivity index (χ1) is 9.45. The van der Waals surface area contributed by atoms with Gasteiger partial charge < -0.3 is 0 Å². The van der Waals surface area contributed by atoms with Crippen LogP contribution in [0.1, 0.15) is 12.6 Å². The van der Waals surface area contributed by atoms with Gasteiger partial charge in [0, 0.05) is 30.7 Å². The molecule has 6 heteroatoms. The molecule has 104 valence electrons. The molecule has 2 N–H and O–H groups in total. The minimum absolute atomic E-state index is 0.540. The Morgan fingerprint density at radius 1 is 1.20 bits per heavy atom. The first-order valence-electron chi connectivity index (χ1n) is 6.20. The van der Waals surface area contributed by atoms with Crippen molar-refractivity contribution in [2.75, 3.05) is 0 Å². The largest absolute Gasteiger partial charge is 0.607 e. The maximum Gasteiger partial charge on any atom is 0.607 e. The van der Waals surface area contributed by atoms with Crippen molar-refractivity contribution in [1.29, 1.82) is 0 Å². The summed E-state index contributed by atoms with van der Waals surface area (Å²) in [5, 5.41) is 0. The molecule has 0 unspecified atom stereocenters. The number of aromatic nitrogens is 2. The van der Waals surface area contributed by atoms with Crippen LogP contribution in [0.3, 0.4) is 0 Å². The van der Waals surface area contributed by atoms with Crippen molar-refractivity contribution in [2.24, 2.45) is 0 Å². The average molecular weight is 292 g/mol. The Morgan fingerprint density at radius 2 is 1.80 bits per heavy atom. The van der Waals surface area contributed by atoms with Gasteiger partial charge in [-0.1, -0.05) is 6.92 Å². The summed E-state index contributed by atoms with van der Waals surface area (Å²) in [5.74, 6) is 0. The van der Waals surface area contributed by atoms with Gasteiger partial charge in [-0.15, -0.1) is 4.34 Å². The van der Waals surface area contributed by atoms with E-state index in [9.17, 15) is 14.4 Å². The third-order valence-electron chi connectivity index (χ3n) is 3.05. The van der Waals surface area contributed by atoms with Crippen LogP contribution in [-0.2, 0) is 11.0 Å². The molecule has 0 radical (unpaired) electrons. The second kappa shape index (κ2) is 5.67. The van der Waals surface area contributed by atoms with E-state index in [0.29, 0.717) is 12.1 Å².